The van der Waals surface area contributed by atoms with Gasteiger partial charge in [0.15, 0.2) is 0 Å². The van der Waals surface area contributed by atoms with Gasteiger partial charge in [-0.2, -0.15) is 0 Å². The van der Waals surface area contributed by atoms with E-state index in [1.807, 2.05) is 24.3 Å². The Bertz CT molecular complexity index is 638. The average molecular weight is 347 g/mol. The van der Waals surface area contributed by atoms with Crippen LogP contribution in [0.3, 0.4) is 0 Å². The van der Waals surface area contributed by atoms with Crippen LogP contribution in [0.25, 0.3) is 0 Å². The van der Waals surface area contributed by atoms with Gasteiger partial charge < -0.3 is 10.2 Å². The summed E-state index contributed by atoms with van der Waals surface area (Å²) in [4.78, 5) is 39.6. The molecule has 2 heterocycles. The van der Waals surface area contributed by atoms with Gasteiger partial charge in [-0.05, 0) is 17.7 Å². The molecule has 2 aliphatic heterocycles. The second-order valence-corrected chi connectivity index (χ2v) is 8.01. The molecule has 0 aromatic heterocycles. The molecule has 4 amide bonds. The van der Waals surface area contributed by atoms with Gasteiger partial charge in [-0.1, -0.05) is 26.0 Å². The Morgan fingerprint density at radius 1 is 1.25 bits per heavy atom. The smallest absolute Gasteiger partial charge is 0.324 e. The van der Waals surface area contributed by atoms with Crippen molar-refractivity contribution in [2.75, 3.05) is 19.6 Å². The van der Waals surface area contributed by atoms with Crippen molar-refractivity contribution in [3.63, 3.8) is 0 Å². The Hall–Kier alpha value is -2.02. The van der Waals surface area contributed by atoms with E-state index in [2.05, 4.69) is 19.2 Å². The van der Waals surface area contributed by atoms with Crippen molar-refractivity contribution in [3.8, 4) is 0 Å². The Balaban J connectivity index is 1.50. The fourth-order valence-corrected chi connectivity index (χ4v) is 3.71. The molecule has 6 nitrogen and oxygen atoms in total. The number of carbonyl (C=O) groups excluding carboxylic acids is 3. The number of nitrogens with one attached hydrogen (secondary N) is 1. The van der Waals surface area contributed by atoms with Gasteiger partial charge in [0.1, 0.15) is 0 Å². The van der Waals surface area contributed by atoms with Gasteiger partial charge in [-0.25, -0.2) is 4.79 Å². The second-order valence-electron chi connectivity index (χ2n) is 6.36. The third-order valence-electron chi connectivity index (χ3n) is 4.11. The Morgan fingerprint density at radius 2 is 1.92 bits per heavy atom. The van der Waals surface area contributed by atoms with E-state index in [9.17, 15) is 14.4 Å². The van der Waals surface area contributed by atoms with Gasteiger partial charge in [0.2, 0.25) is 11.8 Å². The molecule has 24 heavy (non-hydrogen) atoms. The van der Waals surface area contributed by atoms with Crippen molar-refractivity contribution in [1.82, 2.24) is 15.1 Å². The molecular formula is C17H21N3O3S. The number of nitrogens with zero attached hydrogens (tertiary/aromatic N) is 2. The second kappa shape index (κ2) is 6.84. The zero-order valence-corrected chi connectivity index (χ0v) is 14.6. The molecular weight excluding hydrogens is 326 g/mol. The molecule has 3 rings (SSSR count). The third kappa shape index (κ3) is 3.56. The van der Waals surface area contributed by atoms with Gasteiger partial charge in [-0.15, -0.1) is 11.8 Å². The highest BCUT2D eigenvalue weighted by molar-refractivity contribution is 7.99. The molecule has 1 aromatic rings. The number of hydrogen-bond donors (Lipinski definition) is 1. The zero-order valence-electron chi connectivity index (χ0n) is 13.8. The lowest BCUT2D eigenvalue weighted by atomic mass is 10.0. The van der Waals surface area contributed by atoms with E-state index in [1.165, 1.54) is 9.80 Å². The zero-order chi connectivity index (χ0) is 17.3. The maximum Gasteiger partial charge on any atom is 0.324 e. The predicted molar refractivity (Wildman–Crippen MR) is 91.8 cm³/mol. The van der Waals surface area contributed by atoms with E-state index in [0.29, 0.717) is 24.8 Å². The van der Waals surface area contributed by atoms with E-state index < -0.39 is 0 Å². The first-order valence-electron chi connectivity index (χ1n) is 8.07. The SMILES string of the molecule is CC(C)Sc1ccc(CC(=O)N2CC(N3C(=O)CNC3=O)C2)cc1. The van der Waals surface area contributed by atoms with Crippen LogP contribution in [0, 0.1) is 0 Å². The van der Waals surface area contributed by atoms with Crippen LogP contribution < -0.4 is 5.32 Å². The van der Waals surface area contributed by atoms with Crippen LogP contribution in [0.4, 0.5) is 4.79 Å². The number of carbonyl (C=O) groups is 3. The number of amides is 4. The van der Waals surface area contributed by atoms with E-state index >= 15 is 0 Å². The summed E-state index contributed by atoms with van der Waals surface area (Å²) in [5.41, 5.74) is 0.978. The Morgan fingerprint density at radius 3 is 2.46 bits per heavy atom. The first kappa shape index (κ1) is 16.8. The summed E-state index contributed by atoms with van der Waals surface area (Å²) in [5.74, 6) is -0.182. The summed E-state index contributed by atoms with van der Waals surface area (Å²) < 4.78 is 0. The molecule has 0 bridgehead atoms. The normalized spacial score (nSPS) is 18.1. The van der Waals surface area contributed by atoms with Gasteiger partial charge in [0, 0.05) is 23.2 Å². The minimum atomic E-state index is -0.352. The summed E-state index contributed by atoms with van der Waals surface area (Å²) >= 11 is 1.79. The topological polar surface area (TPSA) is 69.7 Å². The van der Waals surface area contributed by atoms with E-state index in [0.717, 1.165) is 5.56 Å². The summed E-state index contributed by atoms with van der Waals surface area (Å²) in [6.07, 6.45) is 0.347. The molecule has 2 saturated heterocycles. The highest BCUT2D eigenvalue weighted by Gasteiger charge is 2.42. The predicted octanol–water partition coefficient (Wildman–Crippen LogP) is 1.49. The number of thioether (sulfide) groups is 1. The number of urea groups is 1. The van der Waals surface area contributed by atoms with E-state index in [4.69, 9.17) is 0 Å². The molecule has 1 aromatic carbocycles. The van der Waals surface area contributed by atoms with Crippen LogP contribution in [0.15, 0.2) is 29.2 Å². The van der Waals surface area contributed by atoms with Crippen molar-refractivity contribution >= 4 is 29.6 Å². The van der Waals surface area contributed by atoms with Crippen LogP contribution in [0.5, 0.6) is 0 Å². The lowest BCUT2D eigenvalue weighted by Crippen LogP contribution is -2.62. The molecule has 0 unspecified atom stereocenters. The Kier molecular flexibility index (Phi) is 4.80. The lowest BCUT2D eigenvalue weighted by Gasteiger charge is -2.42. The number of imide groups is 1. The van der Waals surface area contributed by atoms with Gasteiger partial charge in [0.25, 0.3) is 0 Å². The molecule has 2 fully saturated rings. The molecule has 0 radical (unpaired) electrons. The largest absolute Gasteiger partial charge is 0.338 e. The molecule has 0 spiro atoms. The van der Waals surface area contributed by atoms with Crippen molar-refractivity contribution in [3.05, 3.63) is 29.8 Å². The summed E-state index contributed by atoms with van der Waals surface area (Å²) in [6.45, 7) is 5.21. The molecule has 0 atom stereocenters. The fourth-order valence-electron chi connectivity index (χ4n) is 2.87. The van der Waals surface area contributed by atoms with Crippen LogP contribution in [0.1, 0.15) is 19.4 Å². The lowest BCUT2D eigenvalue weighted by molar-refractivity contribution is -0.141. The monoisotopic (exact) mass is 347 g/mol. The minimum absolute atomic E-state index is 0.0302. The minimum Gasteiger partial charge on any atom is -0.338 e. The maximum atomic E-state index is 12.3. The van der Waals surface area contributed by atoms with Gasteiger partial charge in [0.05, 0.1) is 19.0 Å². The summed E-state index contributed by atoms with van der Waals surface area (Å²) in [5, 5.41) is 3.03. The van der Waals surface area contributed by atoms with Crippen LogP contribution in [-0.2, 0) is 16.0 Å². The molecule has 0 saturated carbocycles. The summed E-state index contributed by atoms with van der Waals surface area (Å²) in [7, 11) is 0. The van der Waals surface area contributed by atoms with Crippen LogP contribution in [0.2, 0.25) is 0 Å². The number of likely N-dealkylation sites (tertiary alicyclic amines) is 1. The average Bonchev–Trinajstić information content (AvgIpc) is 2.79. The van der Waals surface area contributed by atoms with Crippen LogP contribution in [-0.4, -0.2) is 58.6 Å². The molecule has 2 aliphatic rings. The quantitative estimate of drug-likeness (QED) is 0.647. The van der Waals surface area contributed by atoms with E-state index in [1.54, 1.807) is 16.7 Å². The third-order valence-corrected chi connectivity index (χ3v) is 5.12. The molecule has 0 aliphatic carbocycles. The standard InChI is InChI=1S/C17H21N3O3S/c1-11(2)24-14-5-3-12(4-6-14)7-15(21)19-9-13(10-19)20-16(22)8-18-17(20)23/h3-6,11,13H,7-10H2,1-2H3,(H,18,23). The van der Waals surface area contributed by atoms with Crippen molar-refractivity contribution in [2.45, 2.75) is 36.5 Å². The highest BCUT2D eigenvalue weighted by Crippen LogP contribution is 2.24. The van der Waals surface area contributed by atoms with Gasteiger partial charge >= 0.3 is 6.03 Å². The van der Waals surface area contributed by atoms with Gasteiger partial charge in [-0.3, -0.25) is 14.5 Å². The van der Waals surface area contributed by atoms with Crippen molar-refractivity contribution in [2.24, 2.45) is 0 Å². The Labute approximate surface area is 145 Å². The van der Waals surface area contributed by atoms with Crippen molar-refractivity contribution < 1.29 is 14.4 Å². The first-order chi connectivity index (χ1) is 11.4. The molecule has 7 heteroatoms. The maximum absolute atomic E-state index is 12.3. The summed E-state index contributed by atoms with van der Waals surface area (Å²) in [6, 6.07) is 7.51. The van der Waals surface area contributed by atoms with Crippen molar-refractivity contribution in [1.29, 1.82) is 0 Å². The molecule has 128 valence electrons. The first-order valence-corrected chi connectivity index (χ1v) is 8.95. The number of hydrogen-bond acceptors (Lipinski definition) is 4. The van der Waals surface area contributed by atoms with Crippen LogP contribution >= 0.6 is 11.8 Å². The highest BCUT2D eigenvalue weighted by atomic mass is 32.2. The fraction of sp³-hybridized carbons (Fsp3) is 0.471. The molecule has 1 N–H and O–H groups in total. The van der Waals surface area contributed by atoms with E-state index in [-0.39, 0.29) is 30.4 Å². The number of benzene rings is 1. The number of rotatable bonds is 5.